The third-order valence-corrected chi connectivity index (χ3v) is 6.29. The third kappa shape index (κ3) is 3.39. The highest BCUT2D eigenvalue weighted by Gasteiger charge is 2.37. The zero-order valence-electron chi connectivity index (χ0n) is 17.7. The molecule has 0 unspecified atom stereocenters. The van der Waals surface area contributed by atoms with E-state index < -0.39 is 0 Å². The van der Waals surface area contributed by atoms with Crippen molar-refractivity contribution in [2.75, 3.05) is 0 Å². The first-order chi connectivity index (χ1) is 12.2. The molecule has 0 spiro atoms. The molecule has 0 radical (unpaired) electrons. The molecule has 0 heteroatoms. The van der Waals surface area contributed by atoms with Crippen LogP contribution < -0.4 is 0 Å². The van der Waals surface area contributed by atoms with Crippen LogP contribution in [-0.4, -0.2) is 0 Å². The summed E-state index contributed by atoms with van der Waals surface area (Å²) >= 11 is 0. The highest BCUT2D eigenvalue weighted by atomic mass is 14.4. The number of benzene rings is 2. The summed E-state index contributed by atoms with van der Waals surface area (Å²) in [5, 5.41) is 0. The number of fused-ring (bicyclic) bond motifs is 1. The molecule has 0 aromatic heterocycles. The molecule has 2 aromatic rings. The first-order valence-corrected chi connectivity index (χ1v) is 10.1. The van der Waals surface area contributed by atoms with Crippen molar-refractivity contribution in [1.82, 2.24) is 0 Å². The fraction of sp³-hybridized carbons (Fsp3) is 0.462. The Balaban J connectivity index is 2.14. The van der Waals surface area contributed by atoms with Crippen molar-refractivity contribution < 1.29 is 0 Å². The van der Waals surface area contributed by atoms with Gasteiger partial charge in [0.25, 0.3) is 0 Å². The van der Waals surface area contributed by atoms with Gasteiger partial charge in [-0.15, -0.1) is 0 Å². The van der Waals surface area contributed by atoms with Gasteiger partial charge in [0.05, 0.1) is 0 Å². The van der Waals surface area contributed by atoms with E-state index in [2.05, 4.69) is 90.9 Å². The minimum absolute atomic E-state index is 0.250. The maximum absolute atomic E-state index is 2.48. The van der Waals surface area contributed by atoms with Gasteiger partial charge in [0.15, 0.2) is 0 Å². The predicted molar refractivity (Wildman–Crippen MR) is 115 cm³/mol. The molecule has 0 amide bonds. The first kappa shape index (κ1) is 19.0. The van der Waals surface area contributed by atoms with Gasteiger partial charge in [-0.1, -0.05) is 82.7 Å². The van der Waals surface area contributed by atoms with Gasteiger partial charge in [-0.3, -0.25) is 0 Å². The molecular weight excluding hydrogens is 312 g/mol. The molecule has 0 aliphatic heterocycles. The summed E-state index contributed by atoms with van der Waals surface area (Å²) < 4.78 is 0. The molecule has 3 rings (SSSR count). The van der Waals surface area contributed by atoms with Crippen LogP contribution in [0, 0.1) is 0 Å². The van der Waals surface area contributed by atoms with Crippen molar-refractivity contribution >= 4 is 5.57 Å². The summed E-state index contributed by atoms with van der Waals surface area (Å²) in [6.45, 7) is 16.3. The zero-order valence-corrected chi connectivity index (χ0v) is 17.7. The number of hydrogen-bond donors (Lipinski definition) is 0. The molecule has 0 fully saturated rings. The van der Waals surface area contributed by atoms with E-state index in [4.69, 9.17) is 0 Å². The van der Waals surface area contributed by atoms with Crippen LogP contribution in [-0.2, 0) is 17.3 Å². The van der Waals surface area contributed by atoms with Crippen molar-refractivity contribution in [3.8, 4) is 0 Å². The van der Waals surface area contributed by atoms with Crippen molar-refractivity contribution in [2.24, 2.45) is 0 Å². The Morgan fingerprint density at radius 2 is 1.31 bits per heavy atom. The van der Waals surface area contributed by atoms with Gasteiger partial charge in [0.1, 0.15) is 0 Å². The lowest BCUT2D eigenvalue weighted by atomic mass is 9.62. The Bertz CT molecular complexity index is 825. The zero-order chi connectivity index (χ0) is 19.1. The van der Waals surface area contributed by atoms with Crippen LogP contribution in [0.4, 0.5) is 0 Å². The Kier molecular flexibility index (Phi) is 4.90. The van der Waals surface area contributed by atoms with Crippen LogP contribution in [0.2, 0.25) is 0 Å². The van der Waals surface area contributed by atoms with Gasteiger partial charge in [0, 0.05) is 0 Å². The lowest BCUT2D eigenvalue weighted by molar-refractivity contribution is 0.332. The first-order valence-electron chi connectivity index (χ1n) is 10.1. The van der Waals surface area contributed by atoms with E-state index in [0.29, 0.717) is 0 Å². The Morgan fingerprint density at radius 1 is 0.769 bits per heavy atom. The molecule has 0 heterocycles. The molecule has 26 heavy (non-hydrogen) atoms. The highest BCUT2D eigenvalue weighted by molar-refractivity contribution is 5.82. The second-order valence-corrected chi connectivity index (χ2v) is 9.45. The van der Waals surface area contributed by atoms with Crippen molar-refractivity contribution in [2.45, 2.75) is 78.6 Å². The molecule has 0 saturated heterocycles. The minimum atomic E-state index is 0.250. The molecule has 2 aromatic carbocycles. The number of rotatable bonds is 3. The molecule has 0 nitrogen and oxygen atoms in total. The van der Waals surface area contributed by atoms with Gasteiger partial charge in [-0.05, 0) is 77.3 Å². The summed E-state index contributed by atoms with van der Waals surface area (Å²) in [5.41, 5.74) is 10.4. The summed E-state index contributed by atoms with van der Waals surface area (Å²) in [4.78, 5) is 0. The fourth-order valence-corrected chi connectivity index (χ4v) is 4.40. The monoisotopic (exact) mass is 346 g/mol. The molecule has 0 atom stereocenters. The number of hydrogen-bond acceptors (Lipinski definition) is 0. The smallest absolute Gasteiger partial charge is 0.0100 e. The van der Waals surface area contributed by atoms with Gasteiger partial charge >= 0.3 is 0 Å². The normalized spacial score (nSPS) is 17.5. The van der Waals surface area contributed by atoms with Crippen molar-refractivity contribution in [3.63, 3.8) is 0 Å². The van der Waals surface area contributed by atoms with E-state index in [1.807, 2.05) is 0 Å². The molecule has 1 aliphatic carbocycles. The van der Waals surface area contributed by atoms with Crippen LogP contribution in [0.25, 0.3) is 5.57 Å². The second-order valence-electron chi connectivity index (χ2n) is 9.45. The number of aryl methyl sites for hydroxylation is 1. The van der Waals surface area contributed by atoms with Gasteiger partial charge in [-0.2, -0.15) is 0 Å². The van der Waals surface area contributed by atoms with E-state index in [1.165, 1.54) is 51.8 Å². The summed E-state index contributed by atoms with van der Waals surface area (Å²) in [6.07, 6.45) is 3.61. The molecule has 0 bridgehead atoms. The quantitative estimate of drug-likeness (QED) is 0.541. The van der Waals surface area contributed by atoms with Gasteiger partial charge in [0.2, 0.25) is 0 Å². The van der Waals surface area contributed by atoms with Crippen LogP contribution in [0.3, 0.4) is 0 Å². The fourth-order valence-electron chi connectivity index (χ4n) is 4.40. The average Bonchev–Trinajstić information content (AvgIpc) is 2.60. The van der Waals surface area contributed by atoms with E-state index in [0.717, 1.165) is 6.42 Å². The summed E-state index contributed by atoms with van der Waals surface area (Å²) in [5.74, 6) is 0. The second kappa shape index (κ2) is 6.72. The lowest BCUT2D eigenvalue weighted by Crippen LogP contribution is -2.33. The van der Waals surface area contributed by atoms with Crippen LogP contribution >= 0.6 is 0 Å². The van der Waals surface area contributed by atoms with E-state index in [-0.39, 0.29) is 10.8 Å². The molecule has 138 valence electrons. The maximum atomic E-state index is 2.48. The maximum Gasteiger partial charge on any atom is -0.0100 e. The Morgan fingerprint density at radius 3 is 1.85 bits per heavy atom. The lowest BCUT2D eigenvalue weighted by Gasteiger charge is -2.42. The van der Waals surface area contributed by atoms with E-state index in [9.17, 15) is 0 Å². The van der Waals surface area contributed by atoms with Gasteiger partial charge < -0.3 is 0 Å². The van der Waals surface area contributed by atoms with Crippen LogP contribution in [0.15, 0.2) is 48.0 Å². The van der Waals surface area contributed by atoms with Crippen molar-refractivity contribution in [1.29, 1.82) is 0 Å². The molecule has 0 saturated carbocycles. The molecule has 0 N–H and O–H groups in total. The van der Waals surface area contributed by atoms with Crippen molar-refractivity contribution in [3.05, 3.63) is 75.9 Å². The van der Waals surface area contributed by atoms with Gasteiger partial charge in [-0.25, -0.2) is 0 Å². The van der Waals surface area contributed by atoms with E-state index >= 15 is 0 Å². The van der Waals surface area contributed by atoms with Crippen LogP contribution in [0.1, 0.15) is 89.1 Å². The Hall–Kier alpha value is -1.82. The summed E-state index contributed by atoms with van der Waals surface area (Å²) in [6, 6.07) is 16.3. The third-order valence-electron chi connectivity index (χ3n) is 6.29. The standard InChI is InChI=1S/C26H34/c1-8-19-9-11-20(12-10-19)24(18(2)3)21-13-14-22-23(17-21)26(6,7)16-15-25(22,4)5/h9-14,17H,8,15-16H2,1-7H3. The minimum Gasteiger partial charge on any atom is -0.0680 e. The van der Waals surface area contributed by atoms with Crippen LogP contribution in [0.5, 0.6) is 0 Å². The van der Waals surface area contributed by atoms with E-state index in [1.54, 1.807) is 0 Å². The summed E-state index contributed by atoms with van der Waals surface area (Å²) in [7, 11) is 0. The number of allylic oxidation sites excluding steroid dienone is 1. The Labute approximate surface area is 160 Å². The topological polar surface area (TPSA) is 0 Å². The molecule has 1 aliphatic rings. The SMILES string of the molecule is CCc1ccc(C(=C(C)C)c2ccc3c(c2)C(C)(C)CCC3(C)C)cc1. The predicted octanol–water partition coefficient (Wildman–Crippen LogP) is 7.44. The highest BCUT2D eigenvalue weighted by Crippen LogP contribution is 2.46. The largest absolute Gasteiger partial charge is 0.0680 e. The average molecular weight is 347 g/mol. The molecular formula is C26H34.